The third-order valence-electron chi connectivity index (χ3n) is 3.70. The summed E-state index contributed by atoms with van der Waals surface area (Å²) in [6.45, 7) is 5.43. The predicted octanol–water partition coefficient (Wildman–Crippen LogP) is 1.29. The first-order valence-electron chi connectivity index (χ1n) is 7.16. The lowest BCUT2D eigenvalue weighted by atomic mass is 10.1. The molecule has 0 bridgehead atoms. The van der Waals surface area contributed by atoms with Gasteiger partial charge in [0.1, 0.15) is 17.5 Å². The second kappa shape index (κ2) is 6.09. The highest BCUT2D eigenvalue weighted by atomic mass is 16.5. The van der Waals surface area contributed by atoms with Crippen LogP contribution in [0.5, 0.6) is 5.75 Å². The van der Waals surface area contributed by atoms with E-state index in [9.17, 15) is 4.79 Å². The molecule has 1 N–H and O–H groups in total. The lowest BCUT2D eigenvalue weighted by Crippen LogP contribution is -2.37. The standard InChI is InChI=1S/C14H18N4O3/c1-2-18-7-5-10(6-8-18)20-11-3-4-12(15-9-11)13-16-14(19)21-17-13/h3-4,9-10H,2,5-8H2,1H3,(H,16,17,19). The van der Waals surface area contributed by atoms with E-state index in [0.717, 1.165) is 38.2 Å². The molecule has 1 fully saturated rings. The molecule has 0 atom stereocenters. The number of aromatic nitrogens is 3. The summed E-state index contributed by atoms with van der Waals surface area (Å²) < 4.78 is 10.4. The average Bonchev–Trinajstić information content (AvgIpc) is 2.95. The maximum absolute atomic E-state index is 10.9. The normalized spacial score (nSPS) is 17.0. The number of aromatic amines is 1. The number of pyridine rings is 1. The van der Waals surface area contributed by atoms with E-state index in [1.165, 1.54) is 0 Å². The fourth-order valence-corrected chi connectivity index (χ4v) is 2.47. The van der Waals surface area contributed by atoms with Crippen LogP contribution in [0.25, 0.3) is 11.5 Å². The Labute approximate surface area is 121 Å². The van der Waals surface area contributed by atoms with Gasteiger partial charge in [0, 0.05) is 13.1 Å². The Morgan fingerprint density at radius 1 is 1.43 bits per heavy atom. The summed E-state index contributed by atoms with van der Waals surface area (Å²) in [5.74, 6) is 0.470. The SMILES string of the molecule is CCN1CCC(Oc2ccc(-c3noc(=O)[nH]3)nc2)CC1. The monoisotopic (exact) mass is 290 g/mol. The number of hydrogen-bond acceptors (Lipinski definition) is 6. The summed E-state index contributed by atoms with van der Waals surface area (Å²) in [7, 11) is 0. The van der Waals surface area contributed by atoms with Crippen LogP contribution in [0.3, 0.4) is 0 Å². The third kappa shape index (κ3) is 3.30. The quantitative estimate of drug-likeness (QED) is 0.913. The Kier molecular flexibility index (Phi) is 4.01. The lowest BCUT2D eigenvalue weighted by Gasteiger charge is -2.31. The second-order valence-corrected chi connectivity index (χ2v) is 5.07. The van der Waals surface area contributed by atoms with Crippen molar-refractivity contribution in [3.63, 3.8) is 0 Å². The Balaban J connectivity index is 1.61. The number of nitrogens with zero attached hydrogens (tertiary/aromatic N) is 3. The molecule has 21 heavy (non-hydrogen) atoms. The first-order valence-corrected chi connectivity index (χ1v) is 7.16. The van der Waals surface area contributed by atoms with Gasteiger partial charge in [-0.1, -0.05) is 12.1 Å². The van der Waals surface area contributed by atoms with Crippen molar-refractivity contribution in [2.75, 3.05) is 19.6 Å². The minimum atomic E-state index is -0.588. The van der Waals surface area contributed by atoms with Crippen LogP contribution < -0.4 is 10.5 Å². The second-order valence-electron chi connectivity index (χ2n) is 5.07. The summed E-state index contributed by atoms with van der Waals surface area (Å²) >= 11 is 0. The first kappa shape index (κ1) is 13.8. The summed E-state index contributed by atoms with van der Waals surface area (Å²) in [5, 5.41) is 3.60. The fraction of sp³-hybridized carbons (Fsp3) is 0.500. The molecule has 0 unspecified atom stereocenters. The number of likely N-dealkylation sites (tertiary alicyclic amines) is 1. The van der Waals surface area contributed by atoms with Crippen LogP contribution in [0.2, 0.25) is 0 Å². The van der Waals surface area contributed by atoms with Crippen LogP contribution in [0, 0.1) is 0 Å². The molecule has 0 saturated carbocycles. The molecule has 3 heterocycles. The van der Waals surface area contributed by atoms with Crippen LogP contribution in [0.1, 0.15) is 19.8 Å². The predicted molar refractivity (Wildman–Crippen MR) is 76.1 cm³/mol. The largest absolute Gasteiger partial charge is 0.489 e. The molecule has 2 aromatic heterocycles. The zero-order chi connectivity index (χ0) is 14.7. The molecule has 3 rings (SSSR count). The molecule has 0 aliphatic carbocycles. The highest BCUT2D eigenvalue weighted by Crippen LogP contribution is 2.20. The first-order chi connectivity index (χ1) is 10.2. The van der Waals surface area contributed by atoms with Crippen molar-refractivity contribution in [3.05, 3.63) is 28.9 Å². The Bertz CT molecular complexity index is 626. The Morgan fingerprint density at radius 3 is 2.81 bits per heavy atom. The minimum absolute atomic E-state index is 0.243. The van der Waals surface area contributed by atoms with E-state index >= 15 is 0 Å². The molecule has 7 nitrogen and oxygen atoms in total. The number of H-pyrrole nitrogens is 1. The summed E-state index contributed by atoms with van der Waals surface area (Å²) in [5.41, 5.74) is 0.550. The molecule has 0 spiro atoms. The van der Waals surface area contributed by atoms with E-state index < -0.39 is 5.76 Å². The molecule has 1 aliphatic rings. The van der Waals surface area contributed by atoms with Crippen LogP contribution in [-0.2, 0) is 0 Å². The highest BCUT2D eigenvalue weighted by molar-refractivity contribution is 5.48. The van der Waals surface area contributed by atoms with Crippen LogP contribution in [0.15, 0.2) is 27.6 Å². The molecule has 1 saturated heterocycles. The Morgan fingerprint density at radius 2 is 2.24 bits per heavy atom. The van der Waals surface area contributed by atoms with E-state index in [-0.39, 0.29) is 6.10 Å². The van der Waals surface area contributed by atoms with Crippen molar-refractivity contribution in [3.8, 4) is 17.3 Å². The van der Waals surface area contributed by atoms with Gasteiger partial charge >= 0.3 is 5.76 Å². The molecule has 0 amide bonds. The van der Waals surface area contributed by atoms with Crippen molar-refractivity contribution >= 4 is 0 Å². The fourth-order valence-electron chi connectivity index (χ4n) is 2.47. The number of hydrogen-bond donors (Lipinski definition) is 1. The average molecular weight is 290 g/mol. The minimum Gasteiger partial charge on any atom is -0.489 e. The zero-order valence-corrected chi connectivity index (χ0v) is 11.9. The highest BCUT2D eigenvalue weighted by Gasteiger charge is 2.19. The van der Waals surface area contributed by atoms with Gasteiger partial charge in [0.2, 0.25) is 5.82 Å². The van der Waals surface area contributed by atoms with Gasteiger partial charge in [-0.3, -0.25) is 9.51 Å². The van der Waals surface area contributed by atoms with Gasteiger partial charge in [-0.25, -0.2) is 9.78 Å². The van der Waals surface area contributed by atoms with Crippen molar-refractivity contribution in [1.29, 1.82) is 0 Å². The van der Waals surface area contributed by atoms with Gasteiger partial charge in [-0.2, -0.15) is 0 Å². The maximum atomic E-state index is 10.9. The van der Waals surface area contributed by atoms with E-state index in [0.29, 0.717) is 11.5 Å². The smallest absolute Gasteiger partial charge is 0.439 e. The number of nitrogens with one attached hydrogen (secondary N) is 1. The molecular weight excluding hydrogens is 272 g/mol. The van der Waals surface area contributed by atoms with E-state index in [2.05, 4.69) is 31.5 Å². The van der Waals surface area contributed by atoms with Crippen molar-refractivity contribution in [2.24, 2.45) is 0 Å². The van der Waals surface area contributed by atoms with E-state index in [1.807, 2.05) is 6.07 Å². The number of ether oxygens (including phenoxy) is 1. The summed E-state index contributed by atoms with van der Waals surface area (Å²) in [6, 6.07) is 3.59. The van der Waals surface area contributed by atoms with Crippen LogP contribution >= 0.6 is 0 Å². The molecule has 0 aromatic carbocycles. The maximum Gasteiger partial charge on any atom is 0.439 e. The van der Waals surface area contributed by atoms with Crippen molar-refractivity contribution < 1.29 is 9.26 Å². The topological polar surface area (TPSA) is 84.2 Å². The molecular formula is C14H18N4O3. The molecule has 7 heteroatoms. The molecule has 112 valence electrons. The zero-order valence-electron chi connectivity index (χ0n) is 11.9. The van der Waals surface area contributed by atoms with Crippen LogP contribution in [0.4, 0.5) is 0 Å². The van der Waals surface area contributed by atoms with Gasteiger partial charge < -0.3 is 9.64 Å². The summed E-state index contributed by atoms with van der Waals surface area (Å²) in [4.78, 5) is 20.0. The van der Waals surface area contributed by atoms with Gasteiger partial charge in [0.15, 0.2) is 0 Å². The molecule has 1 aliphatic heterocycles. The van der Waals surface area contributed by atoms with E-state index in [4.69, 9.17) is 4.74 Å². The van der Waals surface area contributed by atoms with Gasteiger partial charge in [0.25, 0.3) is 0 Å². The lowest BCUT2D eigenvalue weighted by molar-refractivity contribution is 0.103. The number of rotatable bonds is 4. The third-order valence-corrected chi connectivity index (χ3v) is 3.70. The van der Waals surface area contributed by atoms with Crippen molar-refractivity contribution in [1.82, 2.24) is 20.0 Å². The Hall–Kier alpha value is -2.15. The molecule has 0 radical (unpaired) electrons. The summed E-state index contributed by atoms with van der Waals surface area (Å²) in [6.07, 6.45) is 3.96. The van der Waals surface area contributed by atoms with Gasteiger partial charge in [-0.05, 0) is 31.5 Å². The number of piperidine rings is 1. The van der Waals surface area contributed by atoms with E-state index in [1.54, 1.807) is 12.3 Å². The molecule has 2 aromatic rings. The van der Waals surface area contributed by atoms with Crippen molar-refractivity contribution in [2.45, 2.75) is 25.9 Å². The van der Waals surface area contributed by atoms with Gasteiger partial charge in [-0.15, -0.1) is 0 Å². The van der Waals surface area contributed by atoms with Crippen LogP contribution in [-0.4, -0.2) is 45.8 Å². The van der Waals surface area contributed by atoms with Gasteiger partial charge in [0.05, 0.1) is 6.20 Å².